The lowest BCUT2D eigenvalue weighted by atomic mass is 9.82. The summed E-state index contributed by atoms with van der Waals surface area (Å²) in [6.45, 7) is 0.684. The molecule has 0 heterocycles. The Hall–Kier alpha value is -1.46. The SMILES string of the molecule is N=C(N)NC[C@H]1CC[C@H](C(=O)Oc2ccc(Cl)c(Cl)c2)CC1. The Kier molecular flexibility index (Phi) is 5.91. The maximum Gasteiger partial charge on any atom is 0.314 e. The summed E-state index contributed by atoms with van der Waals surface area (Å²) in [6, 6.07) is 4.79. The van der Waals surface area contributed by atoms with Crippen molar-refractivity contribution in [3.8, 4) is 5.75 Å². The third-order valence-electron chi connectivity index (χ3n) is 3.87. The second-order valence-electron chi connectivity index (χ2n) is 5.51. The number of esters is 1. The van der Waals surface area contributed by atoms with Crippen LogP contribution in [0.3, 0.4) is 0 Å². The molecule has 0 unspecified atom stereocenters. The summed E-state index contributed by atoms with van der Waals surface area (Å²) in [5, 5.41) is 10.8. The lowest BCUT2D eigenvalue weighted by molar-refractivity contribution is -0.140. The van der Waals surface area contributed by atoms with E-state index >= 15 is 0 Å². The molecule has 1 aliphatic carbocycles. The molecule has 1 aromatic carbocycles. The zero-order valence-electron chi connectivity index (χ0n) is 12.1. The van der Waals surface area contributed by atoms with Crippen molar-refractivity contribution in [1.82, 2.24) is 5.32 Å². The van der Waals surface area contributed by atoms with E-state index in [1.54, 1.807) is 18.2 Å². The molecule has 0 radical (unpaired) electrons. The van der Waals surface area contributed by atoms with Gasteiger partial charge in [0.15, 0.2) is 5.96 Å². The van der Waals surface area contributed by atoms with Gasteiger partial charge in [-0.15, -0.1) is 0 Å². The maximum absolute atomic E-state index is 12.2. The first kappa shape index (κ1) is 16.9. The topological polar surface area (TPSA) is 88.2 Å². The normalized spacial score (nSPS) is 21.2. The first-order valence-electron chi connectivity index (χ1n) is 7.20. The van der Waals surface area contributed by atoms with E-state index in [1.165, 1.54) is 0 Å². The van der Waals surface area contributed by atoms with E-state index in [-0.39, 0.29) is 17.8 Å². The van der Waals surface area contributed by atoms with Crippen molar-refractivity contribution >= 4 is 35.1 Å². The zero-order valence-corrected chi connectivity index (χ0v) is 13.6. The van der Waals surface area contributed by atoms with E-state index in [0.29, 0.717) is 28.3 Å². The third kappa shape index (κ3) is 4.78. The maximum atomic E-state index is 12.2. The monoisotopic (exact) mass is 343 g/mol. The number of benzene rings is 1. The van der Waals surface area contributed by atoms with Crippen molar-refractivity contribution in [2.45, 2.75) is 25.7 Å². The number of guanidine groups is 1. The molecule has 0 aliphatic heterocycles. The lowest BCUT2D eigenvalue weighted by Crippen LogP contribution is -2.36. The van der Waals surface area contributed by atoms with Crippen LogP contribution >= 0.6 is 23.2 Å². The Bertz CT molecular complexity index is 558. The zero-order chi connectivity index (χ0) is 16.1. The minimum atomic E-state index is -0.226. The fourth-order valence-corrected chi connectivity index (χ4v) is 2.88. The van der Waals surface area contributed by atoms with Crippen molar-refractivity contribution in [3.05, 3.63) is 28.2 Å². The summed E-state index contributed by atoms with van der Waals surface area (Å²) in [5.41, 5.74) is 5.27. The molecule has 1 aliphatic rings. The van der Waals surface area contributed by atoms with Crippen LogP contribution in [-0.4, -0.2) is 18.5 Å². The van der Waals surface area contributed by atoms with Gasteiger partial charge in [-0.25, -0.2) is 0 Å². The molecule has 0 spiro atoms. The quantitative estimate of drug-likeness (QED) is 0.339. The molecule has 2 rings (SSSR count). The van der Waals surface area contributed by atoms with Crippen molar-refractivity contribution < 1.29 is 9.53 Å². The standard InChI is InChI=1S/C15H19Cl2N3O2/c16-12-6-5-11(7-13(12)17)22-14(21)10-3-1-9(2-4-10)8-20-15(18)19/h5-7,9-10H,1-4,8H2,(H4,18,19,20)/t9-,10-. The van der Waals surface area contributed by atoms with Crippen LogP contribution < -0.4 is 15.8 Å². The summed E-state index contributed by atoms with van der Waals surface area (Å²) in [5.74, 6) is 0.526. The first-order valence-corrected chi connectivity index (χ1v) is 7.96. The van der Waals surface area contributed by atoms with Crippen LogP contribution in [0.4, 0.5) is 0 Å². The van der Waals surface area contributed by atoms with Gasteiger partial charge >= 0.3 is 5.97 Å². The number of hydrogen-bond acceptors (Lipinski definition) is 3. The number of carbonyl (C=O) groups excluding carboxylic acids is 1. The van der Waals surface area contributed by atoms with Gasteiger partial charge in [0, 0.05) is 12.6 Å². The van der Waals surface area contributed by atoms with Gasteiger partial charge in [-0.1, -0.05) is 23.2 Å². The summed E-state index contributed by atoms with van der Waals surface area (Å²) in [6.07, 6.45) is 3.40. The summed E-state index contributed by atoms with van der Waals surface area (Å²) in [7, 11) is 0. The van der Waals surface area contributed by atoms with Crippen LogP contribution in [-0.2, 0) is 4.79 Å². The molecular weight excluding hydrogens is 325 g/mol. The van der Waals surface area contributed by atoms with Gasteiger partial charge in [0.2, 0.25) is 0 Å². The molecule has 1 fully saturated rings. The second kappa shape index (κ2) is 7.70. The minimum absolute atomic E-state index is 0.0128. The summed E-state index contributed by atoms with van der Waals surface area (Å²) in [4.78, 5) is 12.2. The summed E-state index contributed by atoms with van der Waals surface area (Å²) >= 11 is 11.7. The van der Waals surface area contributed by atoms with Gasteiger partial charge in [0.05, 0.1) is 16.0 Å². The average Bonchev–Trinajstić information content (AvgIpc) is 2.49. The van der Waals surface area contributed by atoms with E-state index < -0.39 is 0 Å². The third-order valence-corrected chi connectivity index (χ3v) is 4.61. The molecular formula is C15H19Cl2N3O2. The molecule has 0 bridgehead atoms. The lowest BCUT2D eigenvalue weighted by Gasteiger charge is -2.27. The first-order chi connectivity index (χ1) is 10.5. The Morgan fingerprint density at radius 1 is 1.27 bits per heavy atom. The Morgan fingerprint density at radius 2 is 1.95 bits per heavy atom. The largest absolute Gasteiger partial charge is 0.426 e. The van der Waals surface area contributed by atoms with Gasteiger partial charge in [-0.2, -0.15) is 0 Å². The van der Waals surface area contributed by atoms with Crippen molar-refractivity contribution in [3.63, 3.8) is 0 Å². The van der Waals surface area contributed by atoms with Crippen molar-refractivity contribution in [2.24, 2.45) is 17.6 Å². The Balaban J connectivity index is 1.82. The predicted molar refractivity (Wildman–Crippen MR) is 87.5 cm³/mol. The number of halogens is 2. The minimum Gasteiger partial charge on any atom is -0.426 e. The molecule has 7 heteroatoms. The van der Waals surface area contributed by atoms with Crippen LogP contribution in [0.25, 0.3) is 0 Å². The van der Waals surface area contributed by atoms with E-state index in [2.05, 4.69) is 5.32 Å². The highest BCUT2D eigenvalue weighted by atomic mass is 35.5. The molecule has 0 aromatic heterocycles. The molecule has 0 amide bonds. The van der Waals surface area contributed by atoms with E-state index in [0.717, 1.165) is 25.7 Å². The van der Waals surface area contributed by atoms with Gasteiger partial charge in [0.25, 0.3) is 0 Å². The number of carbonyl (C=O) groups is 1. The average molecular weight is 344 g/mol. The molecule has 22 heavy (non-hydrogen) atoms. The number of hydrogen-bond donors (Lipinski definition) is 3. The number of nitrogens with two attached hydrogens (primary N) is 1. The van der Waals surface area contributed by atoms with E-state index in [1.807, 2.05) is 0 Å². The second-order valence-corrected chi connectivity index (χ2v) is 6.32. The van der Waals surface area contributed by atoms with E-state index in [4.69, 9.17) is 39.1 Å². The fraction of sp³-hybridized carbons (Fsp3) is 0.467. The van der Waals surface area contributed by atoms with E-state index in [9.17, 15) is 4.79 Å². The Morgan fingerprint density at radius 3 is 2.55 bits per heavy atom. The van der Waals surface area contributed by atoms with Crippen LogP contribution in [0.2, 0.25) is 10.0 Å². The van der Waals surface area contributed by atoms with Crippen LogP contribution in [0.15, 0.2) is 18.2 Å². The summed E-state index contributed by atoms with van der Waals surface area (Å²) < 4.78 is 5.37. The fourth-order valence-electron chi connectivity index (χ4n) is 2.60. The van der Waals surface area contributed by atoms with Crippen molar-refractivity contribution in [1.29, 1.82) is 5.41 Å². The van der Waals surface area contributed by atoms with Gasteiger partial charge in [-0.3, -0.25) is 10.2 Å². The number of ether oxygens (including phenoxy) is 1. The highest BCUT2D eigenvalue weighted by Gasteiger charge is 2.27. The number of nitrogens with one attached hydrogen (secondary N) is 2. The van der Waals surface area contributed by atoms with Crippen LogP contribution in [0.1, 0.15) is 25.7 Å². The van der Waals surface area contributed by atoms with Gasteiger partial charge < -0.3 is 15.8 Å². The van der Waals surface area contributed by atoms with Gasteiger partial charge in [0.1, 0.15) is 5.75 Å². The highest BCUT2D eigenvalue weighted by Crippen LogP contribution is 2.31. The molecule has 4 N–H and O–H groups in total. The molecule has 1 aromatic rings. The van der Waals surface area contributed by atoms with Crippen LogP contribution in [0.5, 0.6) is 5.75 Å². The van der Waals surface area contributed by atoms with Crippen LogP contribution in [0, 0.1) is 17.2 Å². The predicted octanol–water partition coefficient (Wildman–Crippen LogP) is 3.19. The number of rotatable bonds is 4. The molecule has 0 saturated heterocycles. The molecule has 5 nitrogen and oxygen atoms in total. The Labute approximate surface area is 139 Å². The molecule has 120 valence electrons. The molecule has 1 saturated carbocycles. The highest BCUT2D eigenvalue weighted by molar-refractivity contribution is 6.42. The van der Waals surface area contributed by atoms with Gasteiger partial charge in [-0.05, 0) is 43.7 Å². The smallest absolute Gasteiger partial charge is 0.314 e. The molecule has 0 atom stereocenters. The van der Waals surface area contributed by atoms with Crippen molar-refractivity contribution in [2.75, 3.05) is 6.54 Å².